The maximum atomic E-state index is 7.32. The van der Waals surface area contributed by atoms with Crippen LogP contribution in [0.15, 0.2) is 0 Å². The van der Waals surface area contributed by atoms with E-state index in [-0.39, 0.29) is 5.96 Å². The van der Waals surface area contributed by atoms with Gasteiger partial charge in [0.15, 0.2) is 0 Å². The van der Waals surface area contributed by atoms with E-state index in [9.17, 15) is 0 Å². The highest BCUT2D eigenvalue weighted by Crippen LogP contribution is 2.14. The predicted octanol–water partition coefficient (Wildman–Crippen LogP) is 1.41. The molecule has 0 bridgehead atoms. The number of hydrogen-bond donors (Lipinski definition) is 2. The summed E-state index contributed by atoms with van der Waals surface area (Å²) in [6, 6.07) is 0. The average molecular weight is 215 g/mol. The molecule has 78 valence electrons. The fraction of sp³-hybridized carbons (Fsp3) is 0.556. The summed E-state index contributed by atoms with van der Waals surface area (Å²) < 4.78 is 1.46. The van der Waals surface area contributed by atoms with Crippen LogP contribution in [0.1, 0.15) is 23.4 Å². The lowest BCUT2D eigenvalue weighted by Gasteiger charge is -2.01. The molecule has 1 rings (SSSR count). The smallest absolute Gasteiger partial charge is 0.213 e. The third kappa shape index (κ3) is 2.07. The molecule has 3 N–H and O–H groups in total. The molecule has 5 heteroatoms. The minimum Gasteiger partial charge on any atom is -0.368 e. The second kappa shape index (κ2) is 4.46. The fourth-order valence-electron chi connectivity index (χ4n) is 1.51. The monoisotopic (exact) mass is 214 g/mol. The van der Waals surface area contributed by atoms with Crippen molar-refractivity contribution in [2.24, 2.45) is 5.73 Å². The van der Waals surface area contributed by atoms with Crippen molar-refractivity contribution in [2.75, 3.05) is 5.88 Å². The summed E-state index contributed by atoms with van der Waals surface area (Å²) in [5.41, 5.74) is 8.41. The zero-order valence-electron chi connectivity index (χ0n) is 8.47. The van der Waals surface area contributed by atoms with Gasteiger partial charge in [-0.15, -0.1) is 11.6 Å². The summed E-state index contributed by atoms with van der Waals surface area (Å²) in [6.45, 7) is 3.85. The summed E-state index contributed by atoms with van der Waals surface area (Å²) >= 11 is 5.63. The number of nitrogen functional groups attached to an aromatic ring is 1. The molecule has 4 nitrogen and oxygen atoms in total. The zero-order chi connectivity index (χ0) is 10.7. The van der Waals surface area contributed by atoms with Crippen molar-refractivity contribution in [1.82, 2.24) is 9.78 Å². The Bertz CT molecular complexity index is 343. The van der Waals surface area contributed by atoms with Crippen LogP contribution in [0.3, 0.4) is 0 Å². The van der Waals surface area contributed by atoms with E-state index >= 15 is 0 Å². The van der Waals surface area contributed by atoms with E-state index in [0.29, 0.717) is 5.88 Å². The van der Waals surface area contributed by atoms with E-state index in [4.69, 9.17) is 22.7 Å². The van der Waals surface area contributed by atoms with Gasteiger partial charge in [-0.3, -0.25) is 5.41 Å². The number of aromatic nitrogens is 2. The number of alkyl halides is 1. The van der Waals surface area contributed by atoms with Crippen molar-refractivity contribution in [3.05, 3.63) is 17.0 Å². The van der Waals surface area contributed by atoms with Crippen LogP contribution < -0.4 is 5.73 Å². The normalized spacial score (nSPS) is 10.5. The summed E-state index contributed by atoms with van der Waals surface area (Å²) in [6.07, 6.45) is 1.82. The Labute approximate surface area is 88.6 Å². The fourth-order valence-corrected chi connectivity index (χ4v) is 1.65. The van der Waals surface area contributed by atoms with Crippen LogP contribution in [0.5, 0.6) is 0 Å². The number of halogens is 1. The molecule has 1 aromatic rings. The number of hydrogen-bond acceptors (Lipinski definition) is 2. The number of nitrogens with one attached hydrogen (secondary N) is 1. The number of rotatable bonds is 3. The van der Waals surface area contributed by atoms with Gasteiger partial charge in [-0.1, -0.05) is 0 Å². The van der Waals surface area contributed by atoms with Crippen molar-refractivity contribution < 1.29 is 0 Å². The first-order valence-corrected chi connectivity index (χ1v) is 5.06. The molecule has 0 aliphatic carbocycles. The molecule has 0 radical (unpaired) electrons. The lowest BCUT2D eigenvalue weighted by molar-refractivity contribution is 0.860. The molecule has 0 atom stereocenters. The van der Waals surface area contributed by atoms with Crippen molar-refractivity contribution in [1.29, 1.82) is 5.41 Å². The maximum absolute atomic E-state index is 7.32. The van der Waals surface area contributed by atoms with Gasteiger partial charge in [-0.25, -0.2) is 4.68 Å². The van der Waals surface area contributed by atoms with Crippen molar-refractivity contribution in [2.45, 2.75) is 26.7 Å². The van der Waals surface area contributed by atoms with Gasteiger partial charge in [0, 0.05) is 11.6 Å². The van der Waals surface area contributed by atoms with E-state index in [0.717, 1.165) is 29.8 Å². The first-order valence-electron chi connectivity index (χ1n) is 4.53. The number of nitrogens with zero attached hydrogens (tertiary/aromatic N) is 2. The van der Waals surface area contributed by atoms with Crippen LogP contribution in [0, 0.1) is 19.3 Å². The Morgan fingerprint density at radius 3 is 2.64 bits per heavy atom. The highest BCUT2D eigenvalue weighted by Gasteiger charge is 2.11. The third-order valence-corrected chi connectivity index (χ3v) is 2.50. The molecule has 0 fully saturated rings. The molecular formula is C9H15ClN4. The van der Waals surface area contributed by atoms with Crippen molar-refractivity contribution >= 4 is 17.6 Å². The largest absolute Gasteiger partial charge is 0.368 e. The standard InChI is InChI=1S/C9H15ClN4/c1-6-8(4-3-5-10)7(2)14(13-6)9(11)12/h3-5H2,1-2H3,(H3,11,12). The van der Waals surface area contributed by atoms with Gasteiger partial charge in [0.05, 0.1) is 5.69 Å². The third-order valence-electron chi connectivity index (χ3n) is 2.23. The number of nitrogens with two attached hydrogens (primary N) is 1. The number of aryl methyl sites for hydroxylation is 1. The van der Waals surface area contributed by atoms with E-state index in [1.54, 1.807) is 0 Å². The van der Waals surface area contributed by atoms with Crippen molar-refractivity contribution in [3.8, 4) is 0 Å². The van der Waals surface area contributed by atoms with Crippen LogP contribution >= 0.6 is 11.6 Å². The molecule has 0 saturated heterocycles. The van der Waals surface area contributed by atoms with E-state index in [1.165, 1.54) is 4.68 Å². The predicted molar refractivity (Wildman–Crippen MR) is 58.1 cm³/mol. The molecular weight excluding hydrogens is 200 g/mol. The van der Waals surface area contributed by atoms with Gasteiger partial charge in [0.25, 0.3) is 0 Å². The highest BCUT2D eigenvalue weighted by molar-refractivity contribution is 6.17. The van der Waals surface area contributed by atoms with Gasteiger partial charge in [-0.2, -0.15) is 5.10 Å². The lowest BCUT2D eigenvalue weighted by Crippen LogP contribution is -2.23. The van der Waals surface area contributed by atoms with Gasteiger partial charge < -0.3 is 5.73 Å². The second-order valence-corrected chi connectivity index (χ2v) is 3.62. The first kappa shape index (κ1) is 11.0. The van der Waals surface area contributed by atoms with Gasteiger partial charge in [-0.05, 0) is 32.3 Å². The molecule has 1 heterocycles. The zero-order valence-corrected chi connectivity index (χ0v) is 9.23. The molecule has 14 heavy (non-hydrogen) atoms. The molecule has 0 aliphatic rings. The average Bonchev–Trinajstić information content (AvgIpc) is 2.40. The van der Waals surface area contributed by atoms with Crippen LogP contribution in [0.4, 0.5) is 0 Å². The molecule has 0 saturated carbocycles. The Kier molecular flexibility index (Phi) is 3.52. The molecule has 0 aromatic carbocycles. The van der Waals surface area contributed by atoms with E-state index in [2.05, 4.69) is 5.10 Å². The van der Waals surface area contributed by atoms with Crippen LogP contribution in [0.2, 0.25) is 0 Å². The summed E-state index contributed by atoms with van der Waals surface area (Å²) in [5.74, 6) is 0.604. The van der Waals surface area contributed by atoms with Gasteiger partial charge in [0.2, 0.25) is 5.96 Å². The van der Waals surface area contributed by atoms with Crippen molar-refractivity contribution in [3.63, 3.8) is 0 Å². The quantitative estimate of drug-likeness (QED) is 0.454. The minimum absolute atomic E-state index is 0.0391. The highest BCUT2D eigenvalue weighted by atomic mass is 35.5. The Hall–Kier alpha value is -1.03. The van der Waals surface area contributed by atoms with Crippen LogP contribution in [-0.4, -0.2) is 21.6 Å². The van der Waals surface area contributed by atoms with Gasteiger partial charge in [0.1, 0.15) is 0 Å². The van der Waals surface area contributed by atoms with Crippen LogP contribution in [-0.2, 0) is 6.42 Å². The Morgan fingerprint density at radius 2 is 2.21 bits per heavy atom. The topological polar surface area (TPSA) is 67.7 Å². The Morgan fingerprint density at radius 1 is 1.57 bits per heavy atom. The van der Waals surface area contributed by atoms with Crippen LogP contribution in [0.25, 0.3) is 0 Å². The van der Waals surface area contributed by atoms with E-state index < -0.39 is 0 Å². The molecule has 0 aliphatic heterocycles. The summed E-state index contributed by atoms with van der Waals surface area (Å²) in [7, 11) is 0. The summed E-state index contributed by atoms with van der Waals surface area (Å²) in [5, 5.41) is 11.5. The summed E-state index contributed by atoms with van der Waals surface area (Å²) in [4.78, 5) is 0. The molecule has 0 unspecified atom stereocenters. The lowest BCUT2D eigenvalue weighted by atomic mass is 10.1. The molecule has 0 spiro atoms. The Balaban J connectivity index is 2.99. The van der Waals surface area contributed by atoms with E-state index in [1.807, 2.05) is 13.8 Å². The molecule has 1 aromatic heterocycles. The maximum Gasteiger partial charge on any atom is 0.213 e. The SMILES string of the molecule is Cc1nn(C(=N)N)c(C)c1CCCCl. The first-order chi connectivity index (χ1) is 6.57. The molecule has 0 amide bonds. The second-order valence-electron chi connectivity index (χ2n) is 3.24. The van der Waals surface area contributed by atoms with Gasteiger partial charge >= 0.3 is 0 Å². The minimum atomic E-state index is -0.0391.